The minimum absolute atomic E-state index is 0.113. The Balaban J connectivity index is 2.51. The molecule has 1 saturated heterocycles. The third kappa shape index (κ3) is 2.08. The first-order valence-electron chi connectivity index (χ1n) is 3.69. The average molecular weight is 178 g/mol. The molecule has 0 aromatic rings. The Bertz CT molecular complexity index is 131. The van der Waals surface area contributed by atoms with Crippen molar-refractivity contribution >= 4 is 12.6 Å². The number of ether oxygens (including phenoxy) is 2. The molecule has 4 atom stereocenters. The van der Waals surface area contributed by atoms with Crippen LogP contribution in [0.3, 0.4) is 0 Å². The lowest BCUT2D eigenvalue weighted by atomic mass is 10.0. The molecule has 4 unspecified atom stereocenters. The van der Waals surface area contributed by atoms with Crippen LogP contribution >= 0.6 is 12.6 Å². The summed E-state index contributed by atoms with van der Waals surface area (Å²) >= 11 is 4.16. The summed E-state index contributed by atoms with van der Waals surface area (Å²) in [6.45, 7) is 1.82. The van der Waals surface area contributed by atoms with E-state index in [0.29, 0.717) is 6.42 Å². The molecule has 0 aliphatic carbocycles. The van der Waals surface area contributed by atoms with Crippen LogP contribution in [0.5, 0.6) is 0 Å². The van der Waals surface area contributed by atoms with Crippen LogP contribution in [-0.4, -0.2) is 36.0 Å². The number of thiol groups is 1. The maximum absolute atomic E-state index is 9.47. The quantitative estimate of drug-likeness (QED) is 0.572. The van der Waals surface area contributed by atoms with Gasteiger partial charge >= 0.3 is 0 Å². The highest BCUT2D eigenvalue weighted by atomic mass is 32.1. The van der Waals surface area contributed by atoms with Gasteiger partial charge in [-0.25, -0.2) is 0 Å². The van der Waals surface area contributed by atoms with Crippen LogP contribution in [0.1, 0.15) is 13.3 Å². The monoisotopic (exact) mass is 178 g/mol. The van der Waals surface area contributed by atoms with Crippen molar-refractivity contribution in [3.63, 3.8) is 0 Å². The van der Waals surface area contributed by atoms with Crippen LogP contribution in [0.2, 0.25) is 0 Å². The maximum Gasteiger partial charge on any atom is 0.106 e. The Hall–Kier alpha value is 0.230. The molecule has 0 aromatic heterocycles. The molecular weight excluding hydrogens is 164 g/mol. The van der Waals surface area contributed by atoms with E-state index in [-0.39, 0.29) is 17.6 Å². The first kappa shape index (κ1) is 9.32. The van der Waals surface area contributed by atoms with Crippen LogP contribution < -0.4 is 0 Å². The van der Waals surface area contributed by atoms with Crippen molar-refractivity contribution in [2.75, 3.05) is 7.11 Å². The molecule has 0 saturated carbocycles. The molecular formula is C7H14O3S. The Morgan fingerprint density at radius 2 is 2.27 bits per heavy atom. The Kier molecular flexibility index (Phi) is 3.18. The Morgan fingerprint density at radius 1 is 1.64 bits per heavy atom. The summed E-state index contributed by atoms with van der Waals surface area (Å²) in [7, 11) is 1.59. The molecule has 11 heavy (non-hydrogen) atoms. The number of aliphatic hydroxyl groups excluding tert-OH is 1. The van der Waals surface area contributed by atoms with Crippen LogP contribution in [0, 0.1) is 0 Å². The van der Waals surface area contributed by atoms with Gasteiger partial charge in [0.1, 0.15) is 11.5 Å². The van der Waals surface area contributed by atoms with Gasteiger partial charge in [-0.05, 0) is 6.92 Å². The first-order valence-corrected chi connectivity index (χ1v) is 4.21. The molecule has 0 bridgehead atoms. The normalized spacial score (nSPS) is 45.8. The second-order valence-electron chi connectivity index (χ2n) is 2.80. The minimum atomic E-state index is -0.525. The molecule has 4 heteroatoms. The molecule has 1 heterocycles. The topological polar surface area (TPSA) is 38.7 Å². The highest BCUT2D eigenvalue weighted by Gasteiger charge is 2.33. The zero-order valence-electron chi connectivity index (χ0n) is 6.73. The first-order chi connectivity index (χ1) is 5.15. The van der Waals surface area contributed by atoms with Crippen molar-refractivity contribution in [2.45, 2.75) is 37.1 Å². The van der Waals surface area contributed by atoms with Crippen molar-refractivity contribution in [1.29, 1.82) is 0 Å². The summed E-state index contributed by atoms with van der Waals surface area (Å²) in [4.78, 5) is 0. The van der Waals surface area contributed by atoms with E-state index in [9.17, 15) is 5.11 Å². The zero-order chi connectivity index (χ0) is 8.43. The fraction of sp³-hybridized carbons (Fsp3) is 1.00. The summed E-state index contributed by atoms with van der Waals surface area (Å²) in [5.74, 6) is 0. The average Bonchev–Trinajstić information content (AvgIpc) is 1.96. The van der Waals surface area contributed by atoms with Gasteiger partial charge in [-0.2, -0.15) is 0 Å². The van der Waals surface area contributed by atoms with E-state index in [1.54, 1.807) is 7.11 Å². The number of methoxy groups -OCH3 is 1. The SMILES string of the molecule is COC1CC(S)OC(C)C1O. The predicted octanol–water partition coefficient (Wildman–Crippen LogP) is 0.427. The molecule has 1 aliphatic heterocycles. The van der Waals surface area contributed by atoms with Gasteiger partial charge in [0.15, 0.2) is 0 Å². The highest BCUT2D eigenvalue weighted by molar-refractivity contribution is 7.80. The van der Waals surface area contributed by atoms with Crippen LogP contribution in [0.4, 0.5) is 0 Å². The van der Waals surface area contributed by atoms with E-state index >= 15 is 0 Å². The van der Waals surface area contributed by atoms with Crippen LogP contribution in [0.15, 0.2) is 0 Å². The van der Waals surface area contributed by atoms with E-state index < -0.39 is 6.10 Å². The second-order valence-corrected chi connectivity index (χ2v) is 3.37. The number of rotatable bonds is 1. The number of hydrogen-bond donors (Lipinski definition) is 2. The molecule has 1 rings (SSSR count). The summed E-state index contributed by atoms with van der Waals surface area (Å²) < 4.78 is 10.3. The molecule has 1 N–H and O–H groups in total. The van der Waals surface area contributed by atoms with Crippen molar-refractivity contribution in [3.8, 4) is 0 Å². The van der Waals surface area contributed by atoms with Crippen LogP contribution in [0.25, 0.3) is 0 Å². The molecule has 0 aromatic carbocycles. The van der Waals surface area contributed by atoms with Gasteiger partial charge in [0.25, 0.3) is 0 Å². The molecule has 1 fully saturated rings. The van der Waals surface area contributed by atoms with Crippen molar-refractivity contribution in [3.05, 3.63) is 0 Å². The second kappa shape index (κ2) is 3.76. The molecule has 1 aliphatic rings. The van der Waals surface area contributed by atoms with Gasteiger partial charge in [0, 0.05) is 13.5 Å². The third-order valence-corrected chi connectivity index (χ3v) is 2.30. The standard InChI is InChI=1S/C7H14O3S/c1-4-7(8)5(9-2)3-6(11)10-4/h4-8,11H,3H2,1-2H3. The smallest absolute Gasteiger partial charge is 0.106 e. The molecule has 3 nitrogen and oxygen atoms in total. The van der Waals surface area contributed by atoms with Crippen LogP contribution in [-0.2, 0) is 9.47 Å². The maximum atomic E-state index is 9.47. The van der Waals surface area contributed by atoms with E-state index in [1.807, 2.05) is 6.92 Å². The van der Waals surface area contributed by atoms with Crippen molar-refractivity contribution in [2.24, 2.45) is 0 Å². The Labute approximate surface area is 72.1 Å². The lowest BCUT2D eigenvalue weighted by Crippen LogP contribution is -2.46. The predicted molar refractivity (Wildman–Crippen MR) is 44.7 cm³/mol. The molecule has 0 radical (unpaired) electrons. The number of hydrogen-bond acceptors (Lipinski definition) is 4. The lowest BCUT2D eigenvalue weighted by molar-refractivity contribution is -0.147. The zero-order valence-corrected chi connectivity index (χ0v) is 7.62. The van der Waals surface area contributed by atoms with Crippen molar-refractivity contribution in [1.82, 2.24) is 0 Å². The van der Waals surface area contributed by atoms with Gasteiger partial charge in [-0.1, -0.05) is 0 Å². The molecule has 0 amide bonds. The van der Waals surface area contributed by atoms with E-state index in [0.717, 1.165) is 0 Å². The summed E-state index contributed by atoms with van der Waals surface area (Å²) in [6, 6.07) is 0. The summed E-state index contributed by atoms with van der Waals surface area (Å²) in [5.41, 5.74) is -0.113. The van der Waals surface area contributed by atoms with Crippen molar-refractivity contribution < 1.29 is 14.6 Å². The highest BCUT2D eigenvalue weighted by Crippen LogP contribution is 2.23. The van der Waals surface area contributed by atoms with E-state index in [4.69, 9.17) is 9.47 Å². The van der Waals surface area contributed by atoms with E-state index in [1.165, 1.54) is 0 Å². The largest absolute Gasteiger partial charge is 0.388 e. The van der Waals surface area contributed by atoms with E-state index in [2.05, 4.69) is 12.6 Å². The minimum Gasteiger partial charge on any atom is -0.388 e. The van der Waals surface area contributed by atoms with Gasteiger partial charge in [0.2, 0.25) is 0 Å². The molecule has 0 spiro atoms. The Morgan fingerprint density at radius 3 is 2.82 bits per heavy atom. The van der Waals surface area contributed by atoms with Gasteiger partial charge in [0.05, 0.1) is 12.2 Å². The van der Waals surface area contributed by atoms with Gasteiger partial charge in [-0.3, -0.25) is 0 Å². The molecule has 66 valence electrons. The fourth-order valence-electron chi connectivity index (χ4n) is 1.26. The third-order valence-electron chi connectivity index (χ3n) is 1.97. The van der Waals surface area contributed by atoms with Gasteiger partial charge in [-0.15, -0.1) is 12.6 Å². The van der Waals surface area contributed by atoms with Gasteiger partial charge < -0.3 is 14.6 Å². The number of aliphatic hydroxyl groups is 1. The summed E-state index contributed by atoms with van der Waals surface area (Å²) in [5, 5.41) is 9.47. The lowest BCUT2D eigenvalue weighted by Gasteiger charge is -2.35. The summed E-state index contributed by atoms with van der Waals surface area (Å²) in [6.07, 6.45) is -0.202. The fourth-order valence-corrected chi connectivity index (χ4v) is 1.66.